The van der Waals surface area contributed by atoms with Gasteiger partial charge in [0.25, 0.3) is 0 Å². The number of carbonyl (C=O) groups excluding carboxylic acids is 1. The van der Waals surface area contributed by atoms with Crippen molar-refractivity contribution >= 4 is 11.8 Å². The molecule has 0 aliphatic carbocycles. The molecule has 0 aliphatic rings. The summed E-state index contributed by atoms with van der Waals surface area (Å²) in [5, 5.41) is 2.64. The van der Waals surface area contributed by atoms with E-state index in [1.807, 2.05) is 32.9 Å². The average molecular weight is 237 g/mol. The van der Waals surface area contributed by atoms with Gasteiger partial charge in [0, 0.05) is 5.69 Å². The van der Waals surface area contributed by atoms with Gasteiger partial charge in [-0.15, -0.1) is 0 Å². The van der Waals surface area contributed by atoms with Crippen molar-refractivity contribution < 1.29 is 14.3 Å². The number of ether oxygens (including phenoxy) is 2. The lowest BCUT2D eigenvalue weighted by molar-refractivity contribution is 0.161. The minimum absolute atomic E-state index is 0.142. The molecular weight excluding hydrogens is 218 g/mol. The monoisotopic (exact) mass is 237 g/mol. The van der Waals surface area contributed by atoms with E-state index in [1.54, 1.807) is 12.1 Å². The van der Waals surface area contributed by atoms with Gasteiger partial charge in [-0.05, 0) is 44.5 Å². The fourth-order valence-corrected chi connectivity index (χ4v) is 1.24. The van der Waals surface area contributed by atoms with E-state index < -0.39 is 6.09 Å². The minimum atomic E-state index is -0.427. The molecule has 0 aromatic heterocycles. The predicted molar refractivity (Wildman–Crippen MR) is 67.5 cm³/mol. The summed E-state index contributed by atoms with van der Waals surface area (Å²) in [6.45, 7) is 6.31. The molecule has 1 aromatic carbocycles. The van der Waals surface area contributed by atoms with Crippen molar-refractivity contribution in [3.63, 3.8) is 0 Å². The van der Waals surface area contributed by atoms with Crippen molar-refractivity contribution in [2.24, 2.45) is 0 Å². The average Bonchev–Trinajstić information content (AvgIpc) is 2.28. The standard InChI is InChI=1S/C13H19NO3/c1-4-9-16-13(15)14-11-5-7-12(8-6-11)17-10(2)3/h5-8,10H,4,9H2,1-3H3,(H,14,15). The normalized spacial score (nSPS) is 10.1. The maximum Gasteiger partial charge on any atom is 0.411 e. The van der Waals surface area contributed by atoms with Crippen LogP contribution in [0.1, 0.15) is 27.2 Å². The first-order valence-corrected chi connectivity index (χ1v) is 5.82. The Hall–Kier alpha value is -1.71. The van der Waals surface area contributed by atoms with Crippen LogP contribution in [-0.4, -0.2) is 18.8 Å². The zero-order valence-electron chi connectivity index (χ0n) is 10.5. The highest BCUT2D eigenvalue weighted by atomic mass is 16.5. The van der Waals surface area contributed by atoms with Crippen LogP contribution in [0, 0.1) is 0 Å². The van der Waals surface area contributed by atoms with Gasteiger partial charge in [-0.1, -0.05) is 6.92 Å². The summed E-state index contributed by atoms with van der Waals surface area (Å²) in [7, 11) is 0. The van der Waals surface area contributed by atoms with Gasteiger partial charge in [-0.2, -0.15) is 0 Å². The molecule has 0 radical (unpaired) electrons. The van der Waals surface area contributed by atoms with Gasteiger partial charge >= 0.3 is 6.09 Å². The van der Waals surface area contributed by atoms with Gasteiger partial charge in [0.15, 0.2) is 0 Å². The van der Waals surface area contributed by atoms with Crippen molar-refractivity contribution in [2.75, 3.05) is 11.9 Å². The third-order valence-corrected chi connectivity index (χ3v) is 1.91. The van der Waals surface area contributed by atoms with Gasteiger partial charge in [-0.25, -0.2) is 4.79 Å². The molecule has 1 amide bonds. The number of anilines is 1. The Morgan fingerprint density at radius 2 is 1.94 bits per heavy atom. The quantitative estimate of drug-likeness (QED) is 0.853. The lowest BCUT2D eigenvalue weighted by Gasteiger charge is -2.10. The molecule has 4 heteroatoms. The van der Waals surface area contributed by atoms with Gasteiger partial charge in [-0.3, -0.25) is 5.32 Å². The SMILES string of the molecule is CCCOC(=O)Nc1ccc(OC(C)C)cc1. The number of rotatable bonds is 5. The molecule has 1 N–H and O–H groups in total. The molecule has 1 rings (SSSR count). The summed E-state index contributed by atoms with van der Waals surface area (Å²) >= 11 is 0. The Balaban J connectivity index is 2.47. The molecule has 17 heavy (non-hydrogen) atoms. The highest BCUT2D eigenvalue weighted by molar-refractivity contribution is 5.84. The number of amides is 1. The van der Waals surface area contributed by atoms with Crippen molar-refractivity contribution in [1.29, 1.82) is 0 Å². The summed E-state index contributed by atoms with van der Waals surface area (Å²) < 4.78 is 10.4. The van der Waals surface area contributed by atoms with Crippen molar-refractivity contribution in [2.45, 2.75) is 33.3 Å². The van der Waals surface area contributed by atoms with E-state index >= 15 is 0 Å². The number of carbonyl (C=O) groups is 1. The van der Waals surface area contributed by atoms with Crippen molar-refractivity contribution in [3.05, 3.63) is 24.3 Å². The van der Waals surface area contributed by atoms with Crippen LogP contribution in [0.5, 0.6) is 5.75 Å². The first-order chi connectivity index (χ1) is 8.11. The van der Waals surface area contributed by atoms with Gasteiger partial charge < -0.3 is 9.47 Å². The molecule has 1 aromatic rings. The summed E-state index contributed by atoms with van der Waals surface area (Å²) in [6, 6.07) is 7.20. The predicted octanol–water partition coefficient (Wildman–Crippen LogP) is 3.43. The van der Waals surface area contributed by atoms with Gasteiger partial charge in [0.1, 0.15) is 5.75 Å². The Bertz CT molecular complexity index is 346. The fourth-order valence-electron chi connectivity index (χ4n) is 1.24. The van der Waals surface area contributed by atoms with E-state index in [0.717, 1.165) is 12.2 Å². The van der Waals surface area contributed by atoms with Crippen LogP contribution in [-0.2, 0) is 4.74 Å². The fraction of sp³-hybridized carbons (Fsp3) is 0.462. The van der Waals surface area contributed by atoms with Crippen LogP contribution in [0.3, 0.4) is 0 Å². The molecule has 0 spiro atoms. The number of hydrogen-bond donors (Lipinski definition) is 1. The Morgan fingerprint density at radius 3 is 2.47 bits per heavy atom. The second-order valence-electron chi connectivity index (χ2n) is 3.95. The molecule has 0 saturated carbocycles. The van der Waals surface area contributed by atoms with E-state index in [-0.39, 0.29) is 6.10 Å². The first kappa shape index (κ1) is 13.4. The molecule has 0 bridgehead atoms. The van der Waals surface area contributed by atoms with Crippen molar-refractivity contribution in [3.8, 4) is 5.75 Å². The van der Waals surface area contributed by atoms with Crippen LogP contribution in [0.15, 0.2) is 24.3 Å². The molecule has 0 aliphatic heterocycles. The molecule has 0 heterocycles. The zero-order valence-corrected chi connectivity index (χ0v) is 10.5. The molecule has 0 unspecified atom stereocenters. The maximum atomic E-state index is 11.3. The second-order valence-corrected chi connectivity index (χ2v) is 3.95. The summed E-state index contributed by atoms with van der Waals surface area (Å²) in [5.74, 6) is 0.785. The van der Waals surface area contributed by atoms with Gasteiger partial charge in [0.05, 0.1) is 12.7 Å². The highest BCUT2D eigenvalue weighted by Crippen LogP contribution is 2.16. The van der Waals surface area contributed by atoms with Crippen LogP contribution < -0.4 is 10.1 Å². The van der Waals surface area contributed by atoms with Crippen LogP contribution in [0.25, 0.3) is 0 Å². The molecular formula is C13H19NO3. The lowest BCUT2D eigenvalue weighted by atomic mass is 10.3. The Morgan fingerprint density at radius 1 is 1.29 bits per heavy atom. The van der Waals surface area contributed by atoms with E-state index in [0.29, 0.717) is 12.3 Å². The van der Waals surface area contributed by atoms with Crippen LogP contribution in [0.4, 0.5) is 10.5 Å². The third-order valence-electron chi connectivity index (χ3n) is 1.91. The van der Waals surface area contributed by atoms with E-state index in [1.165, 1.54) is 0 Å². The maximum absolute atomic E-state index is 11.3. The number of benzene rings is 1. The minimum Gasteiger partial charge on any atom is -0.491 e. The summed E-state index contributed by atoms with van der Waals surface area (Å²) in [5.41, 5.74) is 0.696. The Labute approximate surface area is 102 Å². The molecule has 94 valence electrons. The number of hydrogen-bond acceptors (Lipinski definition) is 3. The summed E-state index contributed by atoms with van der Waals surface area (Å²) in [6.07, 6.45) is 0.530. The van der Waals surface area contributed by atoms with Crippen molar-refractivity contribution in [1.82, 2.24) is 0 Å². The molecule has 4 nitrogen and oxygen atoms in total. The van der Waals surface area contributed by atoms with E-state index in [9.17, 15) is 4.79 Å². The number of nitrogens with one attached hydrogen (secondary N) is 1. The largest absolute Gasteiger partial charge is 0.491 e. The molecule has 0 atom stereocenters. The molecule has 0 saturated heterocycles. The van der Waals surface area contributed by atoms with Gasteiger partial charge in [0.2, 0.25) is 0 Å². The van der Waals surface area contributed by atoms with E-state index in [2.05, 4.69) is 5.32 Å². The van der Waals surface area contributed by atoms with E-state index in [4.69, 9.17) is 9.47 Å². The van der Waals surface area contributed by atoms with Crippen LogP contribution >= 0.6 is 0 Å². The first-order valence-electron chi connectivity index (χ1n) is 5.82. The highest BCUT2D eigenvalue weighted by Gasteiger charge is 2.03. The van der Waals surface area contributed by atoms with Crippen LogP contribution in [0.2, 0.25) is 0 Å². The zero-order chi connectivity index (χ0) is 12.7. The second kappa shape index (κ2) is 6.78. The topological polar surface area (TPSA) is 47.6 Å². The smallest absolute Gasteiger partial charge is 0.411 e. The lowest BCUT2D eigenvalue weighted by Crippen LogP contribution is -2.14. The molecule has 0 fully saturated rings. The Kier molecular flexibility index (Phi) is 5.33. The third kappa shape index (κ3) is 5.24. The summed E-state index contributed by atoms with van der Waals surface area (Å²) in [4.78, 5) is 11.3.